The summed E-state index contributed by atoms with van der Waals surface area (Å²) in [6.45, 7) is 2.16. The lowest BCUT2D eigenvalue weighted by molar-refractivity contribution is 0.102. The monoisotopic (exact) mass is 499 g/mol. The molecule has 35 heavy (non-hydrogen) atoms. The number of carbonyl (C=O) groups excluding carboxylic acids is 1. The maximum atomic E-state index is 13.8. The highest BCUT2D eigenvalue weighted by atomic mass is 32.2. The lowest BCUT2D eigenvalue weighted by atomic mass is 10.0. The number of anilines is 1. The van der Waals surface area contributed by atoms with Gasteiger partial charge in [-0.2, -0.15) is 0 Å². The molecule has 1 N–H and O–H groups in total. The largest absolute Gasteiger partial charge is 0.493 e. The number of benzene rings is 2. The fourth-order valence-electron chi connectivity index (χ4n) is 4.61. The van der Waals surface area contributed by atoms with Gasteiger partial charge in [0.1, 0.15) is 5.75 Å². The molecule has 0 atom stereocenters. The number of rotatable bonds is 6. The first-order chi connectivity index (χ1) is 16.7. The highest BCUT2D eigenvalue weighted by Crippen LogP contribution is 2.35. The number of fused-ring (bicyclic) bond motifs is 1. The minimum atomic E-state index is -3.83. The van der Waals surface area contributed by atoms with Crippen LogP contribution in [0.3, 0.4) is 0 Å². The summed E-state index contributed by atoms with van der Waals surface area (Å²) in [6.07, 6.45) is 3.68. The molecule has 0 spiro atoms. The number of sulfone groups is 1. The standard InChI is InChI=1S/C25H29N3O6S/c1-4-34-21-13-9-8-12-17(21)23(29)26-18-14-19-20(28(3)25(31)24(30)27(19)2)15-22(18)35(32,33)16-10-6-5-7-11-16/h8-9,12-16H,4-7,10-11H2,1-3H3,(H,26,29). The SMILES string of the molecule is CCOc1ccccc1C(=O)Nc1cc2c(cc1S(=O)(=O)C1CCCCC1)n(C)c(=O)c(=O)n2C. The fraction of sp³-hybridized carbons (Fsp3) is 0.400. The van der Waals surface area contributed by atoms with Crippen molar-refractivity contribution < 1.29 is 17.9 Å². The van der Waals surface area contributed by atoms with Crippen molar-refractivity contribution in [2.24, 2.45) is 14.1 Å². The third-order valence-electron chi connectivity index (χ3n) is 6.57. The Morgan fingerprint density at radius 3 is 2.23 bits per heavy atom. The Kier molecular flexibility index (Phi) is 6.84. The molecule has 1 aromatic heterocycles. The van der Waals surface area contributed by atoms with Crippen molar-refractivity contribution in [1.29, 1.82) is 0 Å². The molecule has 3 aromatic rings. The average Bonchev–Trinajstić information content (AvgIpc) is 2.86. The van der Waals surface area contributed by atoms with Crippen molar-refractivity contribution in [3.05, 3.63) is 62.7 Å². The molecule has 1 aliphatic carbocycles. The van der Waals surface area contributed by atoms with Crippen LogP contribution in [0.5, 0.6) is 5.75 Å². The van der Waals surface area contributed by atoms with Crippen LogP contribution in [0.1, 0.15) is 49.4 Å². The van der Waals surface area contributed by atoms with Crippen molar-refractivity contribution >= 4 is 32.5 Å². The molecule has 0 unspecified atom stereocenters. The van der Waals surface area contributed by atoms with E-state index in [0.717, 1.165) is 23.8 Å². The summed E-state index contributed by atoms with van der Waals surface area (Å²) in [7, 11) is -0.962. The second-order valence-electron chi connectivity index (χ2n) is 8.75. The zero-order valence-corrected chi connectivity index (χ0v) is 20.9. The first-order valence-electron chi connectivity index (χ1n) is 11.7. The predicted molar refractivity (Wildman–Crippen MR) is 134 cm³/mol. The quantitative estimate of drug-likeness (QED) is 0.521. The lowest BCUT2D eigenvalue weighted by Gasteiger charge is -2.24. The van der Waals surface area contributed by atoms with Crippen LogP contribution in [0.4, 0.5) is 5.69 Å². The number of hydrogen-bond acceptors (Lipinski definition) is 6. The Morgan fingerprint density at radius 2 is 1.60 bits per heavy atom. The van der Waals surface area contributed by atoms with Crippen molar-refractivity contribution in [3.63, 3.8) is 0 Å². The molecular weight excluding hydrogens is 470 g/mol. The van der Waals surface area contributed by atoms with Gasteiger partial charge in [0, 0.05) is 14.1 Å². The molecule has 0 aliphatic heterocycles. The van der Waals surface area contributed by atoms with Crippen molar-refractivity contribution in [2.45, 2.75) is 49.2 Å². The molecule has 0 saturated heterocycles. The summed E-state index contributed by atoms with van der Waals surface area (Å²) in [5, 5.41) is 2.16. The van der Waals surface area contributed by atoms with E-state index in [9.17, 15) is 22.8 Å². The molecule has 1 saturated carbocycles. The minimum Gasteiger partial charge on any atom is -0.493 e. The summed E-state index contributed by atoms with van der Waals surface area (Å²) in [4.78, 5) is 38.0. The van der Waals surface area contributed by atoms with Gasteiger partial charge in [-0.3, -0.25) is 14.4 Å². The number of aryl methyl sites for hydroxylation is 2. The van der Waals surface area contributed by atoms with E-state index in [1.165, 1.54) is 30.8 Å². The van der Waals surface area contributed by atoms with Crippen molar-refractivity contribution in [1.82, 2.24) is 9.13 Å². The van der Waals surface area contributed by atoms with Crippen LogP contribution in [-0.2, 0) is 23.9 Å². The van der Waals surface area contributed by atoms with Gasteiger partial charge in [-0.1, -0.05) is 31.4 Å². The number of carbonyl (C=O) groups is 1. The third kappa shape index (κ3) is 4.50. The topological polar surface area (TPSA) is 116 Å². The summed E-state index contributed by atoms with van der Waals surface area (Å²) < 4.78 is 35.4. The number of nitrogens with one attached hydrogen (secondary N) is 1. The van der Waals surface area contributed by atoms with E-state index < -0.39 is 32.1 Å². The number of nitrogens with zero attached hydrogens (tertiary/aromatic N) is 2. The predicted octanol–water partition coefficient (Wildman–Crippen LogP) is 2.99. The Balaban J connectivity index is 1.92. The van der Waals surface area contributed by atoms with Crippen LogP contribution < -0.4 is 21.2 Å². The molecule has 186 valence electrons. The van der Waals surface area contributed by atoms with Gasteiger partial charge in [0.2, 0.25) is 0 Å². The summed E-state index contributed by atoms with van der Waals surface area (Å²) in [5.41, 5.74) is -0.574. The highest BCUT2D eigenvalue weighted by molar-refractivity contribution is 7.92. The van der Waals surface area contributed by atoms with Crippen LogP contribution in [0, 0.1) is 0 Å². The molecule has 1 amide bonds. The summed E-state index contributed by atoms with van der Waals surface area (Å²) in [6, 6.07) is 9.54. The average molecular weight is 500 g/mol. The molecular formula is C25H29N3O6S. The Labute approximate surface area is 203 Å². The maximum Gasteiger partial charge on any atom is 0.316 e. The zero-order chi connectivity index (χ0) is 25.3. The molecule has 0 radical (unpaired) electrons. The van der Waals surface area contributed by atoms with E-state index in [2.05, 4.69) is 5.32 Å². The van der Waals surface area contributed by atoms with Crippen molar-refractivity contribution in [2.75, 3.05) is 11.9 Å². The molecule has 4 rings (SSSR count). The van der Waals surface area contributed by atoms with E-state index >= 15 is 0 Å². The number of amides is 1. The normalized spacial score (nSPS) is 14.7. The number of aromatic nitrogens is 2. The molecule has 10 heteroatoms. The highest BCUT2D eigenvalue weighted by Gasteiger charge is 2.32. The molecule has 0 bridgehead atoms. The molecule has 9 nitrogen and oxygen atoms in total. The number of ether oxygens (including phenoxy) is 1. The van der Waals surface area contributed by atoms with E-state index in [0.29, 0.717) is 36.2 Å². The molecule has 2 aromatic carbocycles. The van der Waals surface area contributed by atoms with E-state index in [1.807, 2.05) is 0 Å². The van der Waals surface area contributed by atoms with Gasteiger partial charge < -0.3 is 19.2 Å². The Morgan fingerprint density at radius 1 is 1.00 bits per heavy atom. The van der Waals surface area contributed by atoms with Gasteiger partial charge in [-0.05, 0) is 44.0 Å². The summed E-state index contributed by atoms with van der Waals surface area (Å²) >= 11 is 0. The van der Waals surface area contributed by atoms with Gasteiger partial charge in [-0.25, -0.2) is 8.42 Å². The van der Waals surface area contributed by atoms with Crippen LogP contribution in [0.25, 0.3) is 11.0 Å². The lowest BCUT2D eigenvalue weighted by Crippen LogP contribution is -2.39. The summed E-state index contributed by atoms with van der Waals surface area (Å²) in [5.74, 6) is -0.164. The first-order valence-corrected chi connectivity index (χ1v) is 13.2. The Hall–Kier alpha value is -3.40. The van der Waals surface area contributed by atoms with Crippen LogP contribution in [0.15, 0.2) is 50.9 Å². The molecule has 1 fully saturated rings. The fourth-order valence-corrected chi connectivity index (χ4v) is 6.62. The van der Waals surface area contributed by atoms with Crippen LogP contribution >= 0.6 is 0 Å². The van der Waals surface area contributed by atoms with Crippen molar-refractivity contribution in [3.8, 4) is 5.75 Å². The second kappa shape index (κ2) is 9.69. The van der Waals surface area contributed by atoms with Crippen LogP contribution in [-0.4, -0.2) is 35.3 Å². The minimum absolute atomic E-state index is 0.0622. The van der Waals surface area contributed by atoms with Crippen LogP contribution in [0.2, 0.25) is 0 Å². The number of para-hydroxylation sites is 1. The molecule has 1 heterocycles. The third-order valence-corrected chi connectivity index (χ3v) is 8.87. The van der Waals surface area contributed by atoms with Gasteiger partial charge in [-0.15, -0.1) is 0 Å². The number of hydrogen-bond donors (Lipinski definition) is 1. The smallest absolute Gasteiger partial charge is 0.316 e. The zero-order valence-electron chi connectivity index (χ0n) is 20.0. The van der Waals surface area contributed by atoms with E-state index in [4.69, 9.17) is 4.74 Å². The van der Waals surface area contributed by atoms with Gasteiger partial charge >= 0.3 is 11.1 Å². The second-order valence-corrected chi connectivity index (χ2v) is 11.0. The Bertz CT molecular complexity index is 1510. The van der Waals surface area contributed by atoms with Gasteiger partial charge in [0.05, 0.1) is 39.0 Å². The van der Waals surface area contributed by atoms with E-state index in [-0.39, 0.29) is 16.1 Å². The first kappa shape index (κ1) is 24.7. The van der Waals surface area contributed by atoms with E-state index in [1.54, 1.807) is 31.2 Å². The maximum absolute atomic E-state index is 13.8. The molecule has 1 aliphatic rings. The van der Waals surface area contributed by atoms with Gasteiger partial charge in [0.15, 0.2) is 9.84 Å². The van der Waals surface area contributed by atoms with Gasteiger partial charge in [0.25, 0.3) is 5.91 Å².